The van der Waals surface area contributed by atoms with Gasteiger partial charge in [0.1, 0.15) is 23.6 Å². The third-order valence-electron chi connectivity index (χ3n) is 14.2. The number of pyridine rings is 1. The van der Waals surface area contributed by atoms with Gasteiger partial charge in [-0.3, -0.25) is 33.9 Å². The normalized spacial score (nSPS) is 21.2. The van der Waals surface area contributed by atoms with Crippen molar-refractivity contribution in [1.29, 1.82) is 0 Å². The smallest absolute Gasteiger partial charge is 0.247 e. The number of carbonyl (C=O) groups is 5. The highest BCUT2D eigenvalue weighted by atomic mass is 35.5. The van der Waals surface area contributed by atoms with Crippen molar-refractivity contribution in [1.82, 2.24) is 35.2 Å². The Hall–Kier alpha value is -6.32. The van der Waals surface area contributed by atoms with Gasteiger partial charge in [0.05, 0.1) is 19.1 Å². The van der Waals surface area contributed by atoms with E-state index >= 15 is 4.79 Å². The molecule has 2 aliphatic heterocycles. The summed E-state index contributed by atoms with van der Waals surface area (Å²) in [6.07, 6.45) is 6.46. The average Bonchev–Trinajstić information content (AvgIpc) is 3.91. The molecule has 5 aromatic rings. The van der Waals surface area contributed by atoms with Crippen LogP contribution < -0.4 is 15.4 Å². The minimum Gasteiger partial charge on any atom is -0.457 e. The average molecular weight is 1030 g/mol. The molecular formula is C57H67Cl2N7O7. The van der Waals surface area contributed by atoms with Crippen molar-refractivity contribution in [2.45, 2.75) is 96.6 Å². The molecule has 0 unspecified atom stereocenters. The van der Waals surface area contributed by atoms with E-state index in [0.29, 0.717) is 33.5 Å². The SMILES string of the molecule is COC[C@@H]1NC(=O)[C@H](C)N(Cc2ccc(Cl)cc2Oc2ccc(-c3cncc(CN4CCCC4)c3C)cc2)C(=O)C[C@@H](Cc2ccccc2)C(=O)N(C)[C@@H](C)CNC(=O)C[C@H](Cc2ccc(Cl)cc2)N(C)C1=O. The first-order chi connectivity index (χ1) is 35.1. The molecule has 2 saturated heterocycles. The summed E-state index contributed by atoms with van der Waals surface area (Å²) in [5, 5.41) is 6.78. The van der Waals surface area contributed by atoms with Crippen molar-refractivity contribution >= 4 is 52.7 Å². The number of nitrogens with zero attached hydrogens (tertiary/aromatic N) is 5. The van der Waals surface area contributed by atoms with Crippen molar-refractivity contribution in [3.8, 4) is 22.6 Å². The number of rotatable bonds is 13. The van der Waals surface area contributed by atoms with Crippen molar-refractivity contribution in [2.75, 3.05) is 47.4 Å². The van der Waals surface area contributed by atoms with E-state index in [4.69, 9.17) is 32.7 Å². The topological polar surface area (TPSA) is 154 Å². The van der Waals surface area contributed by atoms with E-state index in [1.165, 1.54) is 40.9 Å². The largest absolute Gasteiger partial charge is 0.457 e. The van der Waals surface area contributed by atoms with Gasteiger partial charge in [-0.1, -0.05) is 83.9 Å². The molecule has 0 bridgehead atoms. The molecule has 2 aliphatic rings. The summed E-state index contributed by atoms with van der Waals surface area (Å²) >= 11 is 12.8. The van der Waals surface area contributed by atoms with Crippen LogP contribution in [0.1, 0.15) is 67.3 Å². The van der Waals surface area contributed by atoms with Gasteiger partial charge in [0.15, 0.2) is 0 Å². The Morgan fingerprint density at radius 2 is 1.42 bits per heavy atom. The highest BCUT2D eigenvalue weighted by Gasteiger charge is 2.36. The fourth-order valence-electron chi connectivity index (χ4n) is 9.51. The van der Waals surface area contributed by atoms with Gasteiger partial charge in [0.25, 0.3) is 0 Å². The van der Waals surface area contributed by atoms with Crippen molar-refractivity contribution in [2.24, 2.45) is 5.92 Å². The molecular weight excluding hydrogens is 966 g/mol. The minimum absolute atomic E-state index is 0.0716. The van der Waals surface area contributed by atoms with Gasteiger partial charge in [-0.25, -0.2) is 0 Å². The Morgan fingerprint density at radius 1 is 0.740 bits per heavy atom. The number of carbonyl (C=O) groups excluding carboxylic acids is 5. The lowest BCUT2D eigenvalue weighted by Crippen LogP contribution is -2.57. The summed E-state index contributed by atoms with van der Waals surface area (Å²) in [6.45, 7) is 8.40. The van der Waals surface area contributed by atoms with Crippen molar-refractivity contribution < 1.29 is 33.4 Å². The van der Waals surface area contributed by atoms with Crippen LogP contribution >= 0.6 is 23.2 Å². The van der Waals surface area contributed by atoms with Crippen molar-refractivity contribution in [3.63, 3.8) is 0 Å². The number of ether oxygens (including phenoxy) is 2. The first-order valence-corrected chi connectivity index (χ1v) is 25.7. The molecule has 0 radical (unpaired) electrons. The van der Waals surface area contributed by atoms with Crippen LogP contribution in [0.15, 0.2) is 109 Å². The van der Waals surface area contributed by atoms with Crippen LogP contribution in [0.3, 0.4) is 0 Å². The van der Waals surface area contributed by atoms with Gasteiger partial charge in [-0.2, -0.15) is 0 Å². The second kappa shape index (κ2) is 25.6. The second-order valence-corrected chi connectivity index (χ2v) is 20.3. The first kappa shape index (κ1) is 54.5. The maximum atomic E-state index is 15.1. The monoisotopic (exact) mass is 1030 g/mol. The third kappa shape index (κ3) is 14.5. The van der Waals surface area contributed by atoms with Gasteiger partial charge < -0.3 is 34.8 Å². The van der Waals surface area contributed by atoms with Gasteiger partial charge in [-0.15, -0.1) is 0 Å². The van der Waals surface area contributed by atoms with E-state index in [-0.39, 0.29) is 50.8 Å². The Labute approximate surface area is 439 Å². The second-order valence-electron chi connectivity index (χ2n) is 19.4. The number of hydrogen-bond acceptors (Lipinski definition) is 9. The number of amides is 5. The van der Waals surface area contributed by atoms with Gasteiger partial charge in [-0.05, 0) is 124 Å². The fraction of sp³-hybridized carbons (Fsp3) is 0.404. The van der Waals surface area contributed by atoms with Gasteiger partial charge in [0.2, 0.25) is 29.5 Å². The van der Waals surface area contributed by atoms with E-state index < -0.39 is 47.8 Å². The molecule has 0 aliphatic carbocycles. The summed E-state index contributed by atoms with van der Waals surface area (Å²) in [7, 11) is 4.67. The molecule has 0 spiro atoms. The number of aromatic nitrogens is 1. The molecule has 73 heavy (non-hydrogen) atoms. The molecule has 2 fully saturated rings. The molecule has 5 amide bonds. The number of likely N-dealkylation sites (N-methyl/N-ethyl adjacent to an activating group) is 2. The summed E-state index contributed by atoms with van der Waals surface area (Å²) < 4.78 is 12.0. The molecule has 2 N–H and O–H groups in total. The zero-order chi connectivity index (χ0) is 52.2. The molecule has 0 saturated carbocycles. The molecule has 5 atom stereocenters. The molecule has 3 heterocycles. The third-order valence-corrected chi connectivity index (χ3v) is 14.7. The molecule has 1 aromatic heterocycles. The molecule has 16 heteroatoms. The summed E-state index contributed by atoms with van der Waals surface area (Å²) in [5.74, 6) is -2.21. The maximum Gasteiger partial charge on any atom is 0.247 e. The van der Waals surface area contributed by atoms with Crippen LogP contribution in [0.2, 0.25) is 10.0 Å². The summed E-state index contributed by atoms with van der Waals surface area (Å²) in [6, 6.07) is 25.9. The highest BCUT2D eigenvalue weighted by molar-refractivity contribution is 6.31. The molecule has 14 nitrogen and oxygen atoms in total. The molecule has 4 aromatic carbocycles. The number of benzene rings is 4. The summed E-state index contributed by atoms with van der Waals surface area (Å²) in [4.78, 5) is 84.0. The van der Waals surface area contributed by atoms with E-state index in [9.17, 15) is 19.2 Å². The lowest BCUT2D eigenvalue weighted by Gasteiger charge is -2.35. The lowest BCUT2D eigenvalue weighted by molar-refractivity contribution is -0.147. The highest BCUT2D eigenvalue weighted by Crippen LogP contribution is 2.34. The molecule has 7 rings (SSSR count). The van der Waals surface area contributed by atoms with Crippen LogP contribution in [0, 0.1) is 12.8 Å². The van der Waals surface area contributed by atoms with E-state index in [1.807, 2.05) is 86.0 Å². The van der Waals surface area contributed by atoms with E-state index in [2.05, 4.69) is 27.4 Å². The first-order valence-electron chi connectivity index (χ1n) is 25.0. The predicted octanol–water partition coefficient (Wildman–Crippen LogP) is 8.29. The zero-order valence-corrected chi connectivity index (χ0v) is 44.1. The Bertz CT molecular complexity index is 2700. The maximum absolute atomic E-state index is 15.1. The molecule has 386 valence electrons. The Kier molecular flexibility index (Phi) is 19.1. The predicted molar refractivity (Wildman–Crippen MR) is 284 cm³/mol. The van der Waals surface area contributed by atoms with Crippen LogP contribution in [0.25, 0.3) is 11.1 Å². The standard InChI is InChI=1S/C57H67Cl2N7O7/c1-37-31-61-53(67)30-48(27-41-14-19-46(58)20-15-41)64(5)57(71)51(36-72-6)62-55(69)39(3)66(54(68)28-44(56(70)63(37)4)26-40-12-8-7-9-13-40)35-43-16-21-47(59)29-52(43)73-49-22-17-42(18-23-49)50-33-60-32-45(38(50)2)34-65-24-10-11-25-65/h7-9,12-23,29,32-33,37,39,44,48,51H,10-11,24-28,30-31,34-36H2,1-6H3,(H,61,67)(H,62,69)/t37-,39-,44+,48-,51-/m0/s1. The Balaban J connectivity index is 1.21. The Morgan fingerprint density at radius 3 is 2.12 bits per heavy atom. The van der Waals surface area contributed by atoms with Gasteiger partial charge in [0, 0.05) is 92.8 Å². The van der Waals surface area contributed by atoms with Gasteiger partial charge >= 0.3 is 0 Å². The zero-order valence-electron chi connectivity index (χ0n) is 42.6. The van der Waals surface area contributed by atoms with Crippen LogP contribution in [0.5, 0.6) is 11.5 Å². The van der Waals surface area contributed by atoms with Crippen molar-refractivity contribution in [3.05, 3.63) is 147 Å². The van der Waals surface area contributed by atoms with E-state index in [0.717, 1.165) is 41.9 Å². The van der Waals surface area contributed by atoms with E-state index in [1.54, 1.807) is 56.3 Å². The number of nitrogens with one attached hydrogen (secondary N) is 2. The quantitative estimate of drug-likeness (QED) is 0.119. The summed E-state index contributed by atoms with van der Waals surface area (Å²) in [5.41, 5.74) is 6.62. The van der Waals surface area contributed by atoms with Crippen LogP contribution in [0.4, 0.5) is 0 Å². The fourth-order valence-corrected chi connectivity index (χ4v) is 9.80. The lowest BCUT2D eigenvalue weighted by atomic mass is 9.93. The number of halogens is 2. The van der Waals surface area contributed by atoms with Crippen LogP contribution in [-0.4, -0.2) is 126 Å². The number of hydrogen-bond donors (Lipinski definition) is 2. The minimum atomic E-state index is -1.19. The number of methoxy groups -OCH3 is 1. The van der Waals surface area contributed by atoms with Crippen LogP contribution in [-0.2, 0) is 54.6 Å². The number of likely N-dealkylation sites (tertiary alicyclic amines) is 1.